The molecule has 1 saturated carbocycles. The van der Waals surface area contributed by atoms with Crippen molar-refractivity contribution in [1.82, 2.24) is 10.2 Å². The molecule has 0 aromatic heterocycles. The summed E-state index contributed by atoms with van der Waals surface area (Å²) in [6.45, 7) is 5.90. The Balaban J connectivity index is 0.00000306. The van der Waals surface area contributed by atoms with Crippen LogP contribution in [0.15, 0.2) is 35.5 Å². The number of cyclic esters (lactones) is 1. The maximum atomic E-state index is 14.4. The molecule has 0 aromatic carbocycles. The first-order valence-corrected chi connectivity index (χ1v) is 11.3. The van der Waals surface area contributed by atoms with E-state index in [9.17, 15) is 24.6 Å². The van der Waals surface area contributed by atoms with Crippen LogP contribution in [0.1, 0.15) is 46.0 Å². The number of rotatable bonds is 4. The van der Waals surface area contributed by atoms with Crippen molar-refractivity contribution < 1.29 is 29.3 Å². The number of nitrogens with one attached hydrogen (secondary N) is 1. The first-order chi connectivity index (χ1) is 15.1. The van der Waals surface area contributed by atoms with Gasteiger partial charge in [-0.15, -0.1) is 0 Å². The fourth-order valence-electron chi connectivity index (χ4n) is 5.92. The van der Waals surface area contributed by atoms with E-state index in [0.29, 0.717) is 37.9 Å². The van der Waals surface area contributed by atoms with E-state index in [1.165, 1.54) is 19.1 Å². The Labute approximate surface area is 224 Å². The van der Waals surface area contributed by atoms with Gasteiger partial charge in [0.1, 0.15) is 5.60 Å². The quantitative estimate of drug-likeness (QED) is 0.241. The summed E-state index contributed by atoms with van der Waals surface area (Å²) in [5.41, 5.74) is -3.17. The van der Waals surface area contributed by atoms with Crippen LogP contribution in [0.3, 0.4) is 0 Å². The largest absolute Gasteiger partial charge is 2.00 e. The number of ether oxygens (including phenoxy) is 1. The van der Waals surface area contributed by atoms with Crippen molar-refractivity contribution in [3.63, 3.8) is 0 Å². The standard InChI is InChI=1S/C24H31N2O6.Ca/c1-16(20(28)29)4-3-8-22(2)18-7-10-23(21(30)32-22)9-5-17(6-11-24(18,23)31)19(27)26-14-12-25-13-15-26;/h3-5,8,18,25H,6-7,9-15H2,1-2H3,(H,28,29);/q-1;+2/p-1/b8-3+,16-4+;/t18-,22+,23+,24-;/m0./s1. The van der Waals surface area contributed by atoms with Gasteiger partial charge in [-0.05, 0) is 57.1 Å². The molecule has 2 heterocycles. The molecule has 1 amide bonds. The molecule has 0 spiro atoms. The Hall–Kier alpha value is -1.19. The molecular formula is C24H30CaN2O6. The summed E-state index contributed by atoms with van der Waals surface area (Å²) >= 11 is 0. The number of carbonyl (C=O) groups is 3. The molecule has 2 aliphatic heterocycles. The molecule has 33 heavy (non-hydrogen) atoms. The normalized spacial score (nSPS) is 36.4. The average Bonchev–Trinajstić information content (AvgIpc) is 2.89. The Morgan fingerprint density at radius 1 is 1.27 bits per heavy atom. The summed E-state index contributed by atoms with van der Waals surface area (Å²) < 4.78 is 5.85. The fourth-order valence-corrected chi connectivity index (χ4v) is 5.92. The predicted molar refractivity (Wildman–Crippen MR) is 117 cm³/mol. The number of esters is 1. The molecule has 2 aliphatic carbocycles. The number of carboxylic acids is 1. The van der Waals surface area contributed by atoms with Crippen LogP contribution < -0.4 is 15.5 Å². The number of carbonyl (C=O) groups excluding carboxylic acids is 3. The molecule has 0 aromatic rings. The minimum absolute atomic E-state index is 0. The van der Waals surface area contributed by atoms with Crippen LogP contribution in [0.5, 0.6) is 0 Å². The number of aliphatic carboxylic acids is 1. The Kier molecular flexibility index (Phi) is 7.86. The van der Waals surface area contributed by atoms with Crippen molar-refractivity contribution in [3.05, 3.63) is 35.5 Å². The monoisotopic (exact) mass is 482 g/mol. The molecule has 1 N–H and O–H groups in total. The van der Waals surface area contributed by atoms with E-state index in [1.807, 2.05) is 4.90 Å². The molecule has 0 radical (unpaired) electrons. The van der Waals surface area contributed by atoms with Crippen molar-refractivity contribution in [3.8, 4) is 0 Å². The van der Waals surface area contributed by atoms with Gasteiger partial charge >= 0.3 is 43.7 Å². The van der Waals surface area contributed by atoms with E-state index < -0.39 is 34.5 Å². The maximum Gasteiger partial charge on any atom is 2.00 e. The predicted octanol–water partition coefficient (Wildman–Crippen LogP) is -0.789. The number of allylic oxidation sites excluding steroid dienone is 3. The third-order valence-electron chi connectivity index (χ3n) is 7.86. The van der Waals surface area contributed by atoms with Gasteiger partial charge in [0.15, 0.2) is 0 Å². The van der Waals surface area contributed by atoms with Gasteiger partial charge in [-0.2, -0.15) is 0 Å². The molecule has 3 fully saturated rings. The molecule has 4 atom stereocenters. The van der Waals surface area contributed by atoms with Crippen LogP contribution in [0.2, 0.25) is 0 Å². The van der Waals surface area contributed by atoms with Gasteiger partial charge in [0.25, 0.3) is 0 Å². The minimum Gasteiger partial charge on any atom is -0.848 e. The van der Waals surface area contributed by atoms with Crippen molar-refractivity contribution >= 4 is 55.6 Å². The van der Waals surface area contributed by atoms with Gasteiger partial charge in [-0.1, -0.05) is 30.2 Å². The molecular weight excluding hydrogens is 452 g/mol. The first-order valence-electron chi connectivity index (χ1n) is 11.3. The van der Waals surface area contributed by atoms with Crippen LogP contribution in [-0.4, -0.2) is 97.9 Å². The van der Waals surface area contributed by atoms with E-state index in [-0.39, 0.29) is 62.1 Å². The summed E-state index contributed by atoms with van der Waals surface area (Å²) in [6.07, 6.45) is 8.07. The summed E-state index contributed by atoms with van der Waals surface area (Å²) in [5, 5.41) is 28.5. The zero-order valence-corrected chi connectivity index (χ0v) is 21.6. The second-order valence-corrected chi connectivity index (χ2v) is 9.61. The number of hydrogen-bond acceptors (Lipinski definition) is 7. The number of nitrogens with zero attached hydrogens (tertiary/aromatic N) is 1. The van der Waals surface area contributed by atoms with Gasteiger partial charge in [-0.3, -0.25) is 9.59 Å². The van der Waals surface area contributed by atoms with Crippen LogP contribution in [-0.2, 0) is 19.1 Å². The molecule has 2 saturated heterocycles. The molecule has 4 aliphatic rings. The van der Waals surface area contributed by atoms with Crippen molar-refractivity contribution in [2.45, 2.75) is 57.2 Å². The summed E-state index contributed by atoms with van der Waals surface area (Å²) in [4.78, 5) is 39.0. The second kappa shape index (κ2) is 9.82. The molecule has 9 heteroatoms. The van der Waals surface area contributed by atoms with E-state index >= 15 is 0 Å². The average molecular weight is 483 g/mol. The first kappa shape index (κ1) is 26.4. The van der Waals surface area contributed by atoms with E-state index in [1.54, 1.807) is 19.1 Å². The Morgan fingerprint density at radius 3 is 2.64 bits per heavy atom. The van der Waals surface area contributed by atoms with Crippen molar-refractivity contribution in [2.75, 3.05) is 26.2 Å². The van der Waals surface area contributed by atoms with Crippen LogP contribution in [0.25, 0.3) is 0 Å². The minimum atomic E-state index is -1.55. The zero-order chi connectivity index (χ0) is 23.1. The van der Waals surface area contributed by atoms with Crippen LogP contribution in [0.4, 0.5) is 0 Å². The van der Waals surface area contributed by atoms with E-state index in [2.05, 4.69) is 5.32 Å². The number of hydrogen-bond donors (Lipinski definition) is 1. The maximum absolute atomic E-state index is 14.4. The molecule has 2 bridgehead atoms. The third kappa shape index (κ3) is 4.45. The Bertz CT molecular complexity index is 924. The van der Waals surface area contributed by atoms with Crippen LogP contribution in [0, 0.1) is 11.3 Å². The zero-order valence-electron chi connectivity index (χ0n) is 19.4. The summed E-state index contributed by atoms with van der Waals surface area (Å²) in [5.74, 6) is -2.29. The van der Waals surface area contributed by atoms with Gasteiger partial charge in [0.05, 0.1) is 11.4 Å². The third-order valence-corrected chi connectivity index (χ3v) is 7.86. The van der Waals surface area contributed by atoms with E-state index in [0.717, 1.165) is 13.1 Å². The summed E-state index contributed by atoms with van der Waals surface area (Å²) in [6, 6.07) is 0. The SMILES string of the molecule is C/C(=C\C=C\[C@@]1(C)OC(=O)[C@]23CC=C(C(=O)N4CCNCC4)CC[C@]2([O-])[C@H]1CC3)C(=O)[O-].[Ca+2]. The van der Waals surface area contributed by atoms with Gasteiger partial charge in [0.2, 0.25) is 5.91 Å². The van der Waals surface area contributed by atoms with Gasteiger partial charge in [0, 0.05) is 31.8 Å². The fraction of sp³-hybridized carbons (Fsp3) is 0.625. The van der Waals surface area contributed by atoms with Crippen molar-refractivity contribution in [1.29, 1.82) is 0 Å². The molecule has 8 nitrogen and oxygen atoms in total. The van der Waals surface area contributed by atoms with Gasteiger partial charge < -0.3 is 30.0 Å². The topological polar surface area (TPSA) is 122 Å². The second-order valence-electron chi connectivity index (χ2n) is 9.61. The Morgan fingerprint density at radius 2 is 1.97 bits per heavy atom. The molecule has 4 rings (SSSR count). The van der Waals surface area contributed by atoms with Crippen molar-refractivity contribution in [2.24, 2.45) is 11.3 Å². The number of piperazine rings is 1. The van der Waals surface area contributed by atoms with Crippen LogP contribution >= 0.6 is 0 Å². The molecule has 0 unspecified atom stereocenters. The number of carboxylic acid groups (broad SMARTS) is 1. The van der Waals surface area contributed by atoms with E-state index in [4.69, 9.17) is 4.74 Å². The smallest absolute Gasteiger partial charge is 0.848 e. The summed E-state index contributed by atoms with van der Waals surface area (Å²) in [7, 11) is 0. The number of amides is 1. The van der Waals surface area contributed by atoms with Gasteiger partial charge in [-0.25, -0.2) is 0 Å². The molecule has 174 valence electrons.